The molecule has 1 aromatic carbocycles. The third-order valence-electron chi connectivity index (χ3n) is 3.53. The molecule has 1 aliphatic heterocycles. The zero-order valence-electron chi connectivity index (χ0n) is 10.9. The Morgan fingerprint density at radius 2 is 2.00 bits per heavy atom. The Hall–Kier alpha value is -0.900. The highest BCUT2D eigenvalue weighted by Gasteiger charge is 2.25. The maximum absolute atomic E-state index is 3.24. The summed E-state index contributed by atoms with van der Waals surface area (Å²) >= 11 is 0. The summed E-state index contributed by atoms with van der Waals surface area (Å²) in [7, 11) is 4.24. The number of likely N-dealkylation sites (N-methyl/N-ethyl adjacent to an activating group) is 2. The minimum Gasteiger partial charge on any atom is -0.318 e. The van der Waals surface area contributed by atoms with E-state index in [-0.39, 0.29) is 0 Å². The van der Waals surface area contributed by atoms with Crippen molar-refractivity contribution in [2.75, 3.05) is 46.8 Å². The van der Waals surface area contributed by atoms with E-state index in [9.17, 15) is 0 Å². The second-order valence-corrected chi connectivity index (χ2v) is 4.83. The highest BCUT2D eigenvalue weighted by molar-refractivity contribution is 5.20. The summed E-state index contributed by atoms with van der Waals surface area (Å²) in [6.07, 6.45) is 0. The molecule has 0 saturated carbocycles. The quantitative estimate of drug-likeness (QED) is 0.843. The van der Waals surface area contributed by atoms with Gasteiger partial charge < -0.3 is 10.2 Å². The summed E-state index contributed by atoms with van der Waals surface area (Å²) in [5.74, 6) is 0. The van der Waals surface area contributed by atoms with Crippen molar-refractivity contribution in [1.82, 2.24) is 15.1 Å². The van der Waals surface area contributed by atoms with Gasteiger partial charge in [0.25, 0.3) is 0 Å². The predicted molar refractivity (Wildman–Crippen MR) is 72.2 cm³/mol. The minimum absolute atomic E-state index is 0.545. The Balaban J connectivity index is 2.08. The van der Waals surface area contributed by atoms with Gasteiger partial charge in [-0.15, -0.1) is 0 Å². The van der Waals surface area contributed by atoms with E-state index in [1.807, 2.05) is 7.05 Å². The van der Waals surface area contributed by atoms with Crippen molar-refractivity contribution >= 4 is 0 Å². The molecule has 2 rings (SSSR count). The van der Waals surface area contributed by atoms with E-state index in [1.54, 1.807) is 0 Å². The van der Waals surface area contributed by atoms with Crippen LogP contribution in [0.4, 0.5) is 0 Å². The maximum atomic E-state index is 3.24. The van der Waals surface area contributed by atoms with Crippen molar-refractivity contribution in [3.8, 4) is 0 Å². The highest BCUT2D eigenvalue weighted by atomic mass is 15.3. The molecule has 0 aromatic heterocycles. The Morgan fingerprint density at radius 3 is 2.71 bits per heavy atom. The largest absolute Gasteiger partial charge is 0.318 e. The molecule has 1 fully saturated rings. The van der Waals surface area contributed by atoms with Crippen LogP contribution in [0, 0.1) is 0 Å². The number of hydrogen-bond acceptors (Lipinski definition) is 3. The lowest BCUT2D eigenvalue weighted by atomic mass is 10.0. The lowest BCUT2D eigenvalue weighted by molar-refractivity contribution is 0.0912. The summed E-state index contributed by atoms with van der Waals surface area (Å²) in [4.78, 5) is 5.01. The molecular formula is C14H23N3. The molecule has 17 heavy (non-hydrogen) atoms. The summed E-state index contributed by atoms with van der Waals surface area (Å²) < 4.78 is 0. The van der Waals surface area contributed by atoms with Crippen LogP contribution in [-0.2, 0) is 0 Å². The molecule has 0 radical (unpaired) electrons. The fourth-order valence-electron chi connectivity index (χ4n) is 2.47. The molecule has 1 heterocycles. The van der Waals surface area contributed by atoms with Crippen LogP contribution in [0.5, 0.6) is 0 Å². The van der Waals surface area contributed by atoms with Gasteiger partial charge in [0.2, 0.25) is 0 Å². The second-order valence-electron chi connectivity index (χ2n) is 4.83. The highest BCUT2D eigenvalue weighted by Crippen LogP contribution is 2.23. The van der Waals surface area contributed by atoms with E-state index in [4.69, 9.17) is 0 Å². The van der Waals surface area contributed by atoms with E-state index >= 15 is 0 Å². The molecule has 1 aliphatic rings. The number of piperazine rings is 1. The van der Waals surface area contributed by atoms with Gasteiger partial charge in [0.05, 0.1) is 0 Å². The standard InChI is InChI=1S/C14H23N3/c1-15-8-9-17-11-10-16(2)12-14(17)13-6-4-3-5-7-13/h3-7,14-15H,8-12H2,1-2H3. The first kappa shape index (κ1) is 12.6. The molecule has 1 aromatic rings. The number of rotatable bonds is 4. The van der Waals surface area contributed by atoms with Gasteiger partial charge in [0.1, 0.15) is 0 Å². The van der Waals surface area contributed by atoms with Gasteiger partial charge in [-0.2, -0.15) is 0 Å². The van der Waals surface area contributed by atoms with Crippen molar-refractivity contribution in [1.29, 1.82) is 0 Å². The molecule has 1 N–H and O–H groups in total. The second kappa shape index (κ2) is 6.15. The van der Waals surface area contributed by atoms with Crippen LogP contribution in [0.25, 0.3) is 0 Å². The van der Waals surface area contributed by atoms with Crippen molar-refractivity contribution in [3.63, 3.8) is 0 Å². The molecule has 0 bridgehead atoms. The van der Waals surface area contributed by atoms with Crippen LogP contribution < -0.4 is 5.32 Å². The summed E-state index contributed by atoms with van der Waals surface area (Å²) in [5.41, 5.74) is 1.44. The SMILES string of the molecule is CNCCN1CCN(C)CC1c1ccccc1. The first-order chi connectivity index (χ1) is 8.31. The molecule has 3 nitrogen and oxygen atoms in total. The van der Waals surface area contributed by atoms with Gasteiger partial charge in [-0.3, -0.25) is 4.90 Å². The number of nitrogens with zero attached hydrogens (tertiary/aromatic N) is 2. The Kier molecular flexibility index (Phi) is 4.54. The zero-order valence-corrected chi connectivity index (χ0v) is 10.9. The van der Waals surface area contributed by atoms with Crippen molar-refractivity contribution in [3.05, 3.63) is 35.9 Å². The van der Waals surface area contributed by atoms with E-state index in [0.29, 0.717) is 6.04 Å². The zero-order chi connectivity index (χ0) is 12.1. The molecule has 94 valence electrons. The molecule has 1 atom stereocenters. The van der Waals surface area contributed by atoms with Gasteiger partial charge in [0.15, 0.2) is 0 Å². The summed E-state index contributed by atoms with van der Waals surface area (Å²) in [5, 5.41) is 3.24. The molecule has 0 aliphatic carbocycles. The Labute approximate surface area is 104 Å². The van der Waals surface area contributed by atoms with E-state index in [1.165, 1.54) is 12.1 Å². The first-order valence-corrected chi connectivity index (χ1v) is 6.43. The van der Waals surface area contributed by atoms with Crippen molar-refractivity contribution in [2.24, 2.45) is 0 Å². The Bertz CT molecular complexity index is 323. The fourth-order valence-corrected chi connectivity index (χ4v) is 2.47. The van der Waals surface area contributed by atoms with Gasteiger partial charge in [-0.05, 0) is 19.7 Å². The molecular weight excluding hydrogens is 210 g/mol. The molecule has 1 saturated heterocycles. The smallest absolute Gasteiger partial charge is 0.0476 e. The fraction of sp³-hybridized carbons (Fsp3) is 0.571. The number of nitrogens with one attached hydrogen (secondary N) is 1. The molecule has 1 unspecified atom stereocenters. The average molecular weight is 233 g/mol. The van der Waals surface area contributed by atoms with Crippen molar-refractivity contribution in [2.45, 2.75) is 6.04 Å². The van der Waals surface area contributed by atoms with E-state index in [0.717, 1.165) is 26.2 Å². The third-order valence-corrected chi connectivity index (χ3v) is 3.53. The van der Waals surface area contributed by atoms with E-state index < -0.39 is 0 Å². The van der Waals surface area contributed by atoms with E-state index in [2.05, 4.69) is 52.5 Å². The van der Waals surface area contributed by atoms with Crippen LogP contribution in [-0.4, -0.2) is 56.6 Å². The molecule has 0 amide bonds. The van der Waals surface area contributed by atoms with Crippen LogP contribution in [0.3, 0.4) is 0 Å². The van der Waals surface area contributed by atoms with Crippen molar-refractivity contribution < 1.29 is 0 Å². The lowest BCUT2D eigenvalue weighted by Crippen LogP contribution is -2.48. The lowest BCUT2D eigenvalue weighted by Gasteiger charge is -2.40. The van der Waals surface area contributed by atoms with Crippen LogP contribution in [0.1, 0.15) is 11.6 Å². The normalized spacial score (nSPS) is 22.8. The molecule has 0 spiro atoms. The maximum Gasteiger partial charge on any atom is 0.0476 e. The predicted octanol–water partition coefficient (Wildman–Crippen LogP) is 1.19. The summed E-state index contributed by atoms with van der Waals surface area (Å²) in [6, 6.07) is 11.4. The number of hydrogen-bond donors (Lipinski definition) is 1. The third kappa shape index (κ3) is 3.28. The van der Waals surface area contributed by atoms with Crippen LogP contribution in [0.2, 0.25) is 0 Å². The average Bonchev–Trinajstić information content (AvgIpc) is 2.38. The topological polar surface area (TPSA) is 18.5 Å². The number of benzene rings is 1. The van der Waals surface area contributed by atoms with Gasteiger partial charge >= 0.3 is 0 Å². The molecule has 3 heteroatoms. The van der Waals surface area contributed by atoms with Crippen LogP contribution >= 0.6 is 0 Å². The minimum atomic E-state index is 0.545. The van der Waals surface area contributed by atoms with Gasteiger partial charge in [-0.1, -0.05) is 30.3 Å². The first-order valence-electron chi connectivity index (χ1n) is 6.43. The Morgan fingerprint density at radius 1 is 1.24 bits per heavy atom. The van der Waals surface area contributed by atoms with Gasteiger partial charge in [0, 0.05) is 38.8 Å². The van der Waals surface area contributed by atoms with Gasteiger partial charge in [-0.25, -0.2) is 0 Å². The monoisotopic (exact) mass is 233 g/mol. The van der Waals surface area contributed by atoms with Crippen LogP contribution in [0.15, 0.2) is 30.3 Å². The summed E-state index contributed by atoms with van der Waals surface area (Å²) in [6.45, 7) is 5.66.